The second-order valence-corrected chi connectivity index (χ2v) is 3.95. The number of alkyl halides is 1. The Balaban J connectivity index is 2.28. The van der Waals surface area contributed by atoms with Gasteiger partial charge in [0.25, 0.3) is 5.91 Å². The smallest absolute Gasteiger partial charge is 0.273 e. The predicted molar refractivity (Wildman–Crippen MR) is 64.8 cm³/mol. The van der Waals surface area contributed by atoms with Gasteiger partial charge in [-0.2, -0.15) is 5.01 Å². The third kappa shape index (κ3) is 2.29. The lowest BCUT2D eigenvalue weighted by Gasteiger charge is -2.10. The molecule has 2 amide bonds. The number of anilines is 1. The highest BCUT2D eigenvalue weighted by Crippen LogP contribution is 2.21. The van der Waals surface area contributed by atoms with Crippen molar-refractivity contribution in [1.29, 1.82) is 0 Å². The van der Waals surface area contributed by atoms with E-state index in [1.54, 1.807) is 24.3 Å². The van der Waals surface area contributed by atoms with Crippen LogP contribution in [0.15, 0.2) is 35.4 Å². The number of hydrogen-bond acceptors (Lipinski definition) is 3. The first-order chi connectivity index (χ1) is 8.09. The van der Waals surface area contributed by atoms with Crippen molar-refractivity contribution in [1.82, 2.24) is 5.32 Å². The average molecular weight is 252 g/mol. The van der Waals surface area contributed by atoms with Crippen LogP contribution in [0.3, 0.4) is 0 Å². The van der Waals surface area contributed by atoms with Crippen molar-refractivity contribution in [3.63, 3.8) is 0 Å². The Bertz CT molecular complexity index is 487. The number of carbonyl (C=O) groups is 2. The van der Waals surface area contributed by atoms with Crippen molar-refractivity contribution in [2.45, 2.75) is 12.3 Å². The van der Waals surface area contributed by atoms with Crippen LogP contribution in [0.2, 0.25) is 0 Å². The summed E-state index contributed by atoms with van der Waals surface area (Å²) in [6.07, 6.45) is 0. The molecule has 1 aromatic carbocycles. The minimum Gasteiger partial charge on any atom is -0.311 e. The van der Waals surface area contributed by atoms with E-state index in [1.165, 1.54) is 11.9 Å². The third-order valence-corrected chi connectivity index (χ3v) is 2.57. The van der Waals surface area contributed by atoms with Gasteiger partial charge in [0.1, 0.15) is 0 Å². The van der Waals surface area contributed by atoms with E-state index in [-0.39, 0.29) is 17.6 Å². The first-order valence-corrected chi connectivity index (χ1v) is 5.42. The molecular weight excluding hydrogens is 242 g/mol. The van der Waals surface area contributed by atoms with E-state index >= 15 is 0 Å². The summed E-state index contributed by atoms with van der Waals surface area (Å²) in [5.41, 5.74) is 0.614. The van der Waals surface area contributed by atoms with Crippen molar-refractivity contribution < 1.29 is 9.59 Å². The molecule has 0 aromatic heterocycles. The Morgan fingerprint density at radius 1 is 1.41 bits per heavy atom. The van der Waals surface area contributed by atoms with Gasteiger partial charge in [0.2, 0.25) is 5.91 Å². The summed E-state index contributed by atoms with van der Waals surface area (Å²) in [6, 6.07) is 8.89. The number of para-hydroxylation sites is 1. The number of carbonyl (C=O) groups excluding carboxylic acids is 2. The van der Waals surface area contributed by atoms with Crippen molar-refractivity contribution >= 4 is 34.9 Å². The van der Waals surface area contributed by atoms with Gasteiger partial charge in [-0.3, -0.25) is 9.59 Å². The summed E-state index contributed by atoms with van der Waals surface area (Å²) < 4.78 is 0. The molecular formula is C11H10ClN3O2. The van der Waals surface area contributed by atoms with E-state index in [2.05, 4.69) is 10.4 Å². The van der Waals surface area contributed by atoms with Gasteiger partial charge in [-0.05, 0) is 12.1 Å². The van der Waals surface area contributed by atoms with Crippen LogP contribution in [0.1, 0.15) is 6.92 Å². The lowest BCUT2D eigenvalue weighted by molar-refractivity contribution is -0.117. The number of hydrazone groups is 1. The Kier molecular flexibility index (Phi) is 3.10. The van der Waals surface area contributed by atoms with Crippen molar-refractivity contribution in [3.05, 3.63) is 30.3 Å². The highest BCUT2D eigenvalue weighted by atomic mass is 35.5. The molecule has 0 saturated carbocycles. The highest BCUT2D eigenvalue weighted by Gasteiger charge is 2.35. The highest BCUT2D eigenvalue weighted by molar-refractivity contribution is 6.46. The molecule has 0 bridgehead atoms. The van der Waals surface area contributed by atoms with Gasteiger partial charge in [0.15, 0.2) is 11.2 Å². The van der Waals surface area contributed by atoms with E-state index in [0.717, 1.165) is 0 Å². The lowest BCUT2D eigenvalue weighted by atomic mass is 10.3. The fraction of sp³-hybridized carbons (Fsp3) is 0.182. The molecule has 88 valence electrons. The largest absolute Gasteiger partial charge is 0.311 e. The first kappa shape index (κ1) is 11.6. The molecule has 1 heterocycles. The molecule has 1 aromatic rings. The minimum absolute atomic E-state index is 0.160. The lowest BCUT2D eigenvalue weighted by Crippen LogP contribution is -2.36. The van der Waals surface area contributed by atoms with Gasteiger partial charge in [-0.15, -0.1) is 16.7 Å². The molecule has 0 saturated heterocycles. The molecule has 5 nitrogen and oxygen atoms in total. The SMILES string of the molecule is CC(=O)NC1=NN(c2ccccc2)C(=O)[C@@H]1Cl. The van der Waals surface area contributed by atoms with Crippen molar-refractivity contribution in [2.75, 3.05) is 5.01 Å². The van der Waals surface area contributed by atoms with Crippen molar-refractivity contribution in [3.8, 4) is 0 Å². The summed E-state index contributed by atoms with van der Waals surface area (Å²) >= 11 is 5.88. The molecule has 1 aliphatic heterocycles. The molecule has 17 heavy (non-hydrogen) atoms. The fourth-order valence-electron chi connectivity index (χ4n) is 1.45. The molecule has 6 heteroatoms. The van der Waals surface area contributed by atoms with Crippen LogP contribution in [0.25, 0.3) is 0 Å². The number of hydrogen-bond donors (Lipinski definition) is 1. The molecule has 1 aliphatic rings. The number of amidine groups is 1. The fourth-order valence-corrected chi connectivity index (χ4v) is 1.65. The summed E-state index contributed by atoms with van der Waals surface area (Å²) in [4.78, 5) is 22.7. The van der Waals surface area contributed by atoms with Crippen LogP contribution < -0.4 is 10.3 Å². The average Bonchev–Trinajstić information content (AvgIpc) is 2.58. The second-order valence-electron chi connectivity index (χ2n) is 3.51. The maximum Gasteiger partial charge on any atom is 0.273 e. The summed E-state index contributed by atoms with van der Waals surface area (Å²) in [7, 11) is 0. The molecule has 0 radical (unpaired) electrons. The van der Waals surface area contributed by atoms with E-state index in [1.807, 2.05) is 6.07 Å². The monoisotopic (exact) mass is 251 g/mol. The maximum absolute atomic E-state index is 11.8. The Labute approximate surface area is 103 Å². The van der Waals surface area contributed by atoms with Crippen LogP contribution in [0.4, 0.5) is 5.69 Å². The van der Waals surface area contributed by atoms with E-state index < -0.39 is 5.38 Å². The van der Waals surface area contributed by atoms with Crippen LogP contribution in [-0.4, -0.2) is 23.0 Å². The second kappa shape index (κ2) is 4.55. The predicted octanol–water partition coefficient (Wildman–Crippen LogP) is 1.09. The van der Waals surface area contributed by atoms with Gasteiger partial charge in [0, 0.05) is 6.92 Å². The zero-order valence-corrected chi connectivity index (χ0v) is 9.81. The number of amides is 2. The summed E-state index contributed by atoms with van der Waals surface area (Å²) in [5, 5.41) is 6.67. The Hall–Kier alpha value is -1.88. The van der Waals surface area contributed by atoms with Crippen LogP contribution >= 0.6 is 11.6 Å². The Morgan fingerprint density at radius 2 is 2.06 bits per heavy atom. The molecule has 0 aliphatic carbocycles. The first-order valence-electron chi connectivity index (χ1n) is 4.99. The standard InChI is InChI=1S/C11H10ClN3O2/c1-7(16)13-10-9(12)11(17)15(14-10)8-5-3-2-4-6-8/h2-6,9H,1H3,(H,13,14,16)/t9-/m1/s1. The normalized spacial score (nSPS) is 19.2. The van der Waals surface area contributed by atoms with Gasteiger partial charge < -0.3 is 5.32 Å². The summed E-state index contributed by atoms with van der Waals surface area (Å²) in [5.74, 6) is -0.522. The van der Waals surface area contributed by atoms with Crippen LogP contribution in [0, 0.1) is 0 Å². The van der Waals surface area contributed by atoms with Gasteiger partial charge in [-0.25, -0.2) is 0 Å². The molecule has 0 spiro atoms. The third-order valence-electron chi connectivity index (χ3n) is 2.18. The zero-order chi connectivity index (χ0) is 12.4. The quantitative estimate of drug-likeness (QED) is 0.760. The molecule has 1 atom stereocenters. The number of benzene rings is 1. The number of nitrogens with one attached hydrogen (secondary N) is 1. The van der Waals surface area contributed by atoms with Gasteiger partial charge in [0.05, 0.1) is 5.69 Å². The van der Waals surface area contributed by atoms with Gasteiger partial charge >= 0.3 is 0 Å². The minimum atomic E-state index is -0.945. The molecule has 0 fully saturated rings. The maximum atomic E-state index is 11.8. The van der Waals surface area contributed by atoms with Crippen molar-refractivity contribution in [2.24, 2.45) is 5.10 Å². The molecule has 2 rings (SSSR count). The van der Waals surface area contributed by atoms with Crippen LogP contribution in [0.5, 0.6) is 0 Å². The number of rotatable bonds is 1. The molecule has 1 N–H and O–H groups in total. The summed E-state index contributed by atoms with van der Waals surface area (Å²) in [6.45, 7) is 1.34. The molecule has 0 unspecified atom stereocenters. The number of nitrogens with zero attached hydrogens (tertiary/aromatic N) is 2. The number of halogens is 1. The van der Waals surface area contributed by atoms with Gasteiger partial charge in [-0.1, -0.05) is 18.2 Å². The van der Waals surface area contributed by atoms with E-state index in [4.69, 9.17) is 11.6 Å². The topological polar surface area (TPSA) is 61.8 Å². The van der Waals surface area contributed by atoms with E-state index in [9.17, 15) is 9.59 Å². The van der Waals surface area contributed by atoms with E-state index in [0.29, 0.717) is 5.69 Å². The van der Waals surface area contributed by atoms with Crippen LogP contribution in [-0.2, 0) is 9.59 Å². The Morgan fingerprint density at radius 3 is 2.65 bits per heavy atom. The zero-order valence-electron chi connectivity index (χ0n) is 9.05.